The van der Waals surface area contributed by atoms with Crippen molar-refractivity contribution in [2.24, 2.45) is 0 Å². The first-order valence-corrected chi connectivity index (χ1v) is 8.07. The highest BCUT2D eigenvalue weighted by molar-refractivity contribution is 9.09. The summed E-state index contributed by atoms with van der Waals surface area (Å²) in [7, 11) is 1.63. The maximum Gasteiger partial charge on any atom is 0.248 e. The summed E-state index contributed by atoms with van der Waals surface area (Å²) >= 11 is 3.60. The van der Waals surface area contributed by atoms with Crippen molar-refractivity contribution in [3.8, 4) is 0 Å². The molecule has 0 aromatic rings. The SMILES string of the molecule is COCCOCC(=O)N1CCCCCC1CC(C)Br. The second kappa shape index (κ2) is 9.72. The molecule has 0 bridgehead atoms. The van der Waals surface area contributed by atoms with E-state index in [1.165, 1.54) is 12.8 Å². The molecule has 2 unspecified atom stereocenters. The van der Waals surface area contributed by atoms with Gasteiger partial charge in [0.1, 0.15) is 6.61 Å². The smallest absolute Gasteiger partial charge is 0.248 e. The van der Waals surface area contributed by atoms with Gasteiger partial charge in [-0.1, -0.05) is 35.7 Å². The second-order valence-electron chi connectivity index (χ2n) is 5.15. The molecule has 0 aromatic heterocycles. The van der Waals surface area contributed by atoms with Crippen molar-refractivity contribution in [2.75, 3.05) is 33.5 Å². The lowest BCUT2D eigenvalue weighted by molar-refractivity contribution is -0.139. The van der Waals surface area contributed by atoms with E-state index >= 15 is 0 Å². The Balaban J connectivity index is 2.45. The first kappa shape index (κ1) is 16.9. The number of ether oxygens (including phenoxy) is 2. The van der Waals surface area contributed by atoms with Gasteiger partial charge in [-0.2, -0.15) is 0 Å². The number of rotatable bonds is 7. The summed E-state index contributed by atoms with van der Waals surface area (Å²) in [5, 5.41) is 0. The van der Waals surface area contributed by atoms with Gasteiger partial charge in [0.05, 0.1) is 13.2 Å². The van der Waals surface area contributed by atoms with Crippen LogP contribution >= 0.6 is 15.9 Å². The van der Waals surface area contributed by atoms with Gasteiger partial charge in [0, 0.05) is 24.5 Å². The first-order valence-electron chi connectivity index (χ1n) is 7.15. The molecule has 1 saturated heterocycles. The highest BCUT2D eigenvalue weighted by Gasteiger charge is 2.26. The predicted octanol–water partition coefficient (Wildman–Crippen LogP) is 2.59. The minimum Gasteiger partial charge on any atom is -0.382 e. The van der Waals surface area contributed by atoms with E-state index in [0.717, 1.165) is 25.8 Å². The summed E-state index contributed by atoms with van der Waals surface area (Å²) in [5.74, 6) is 0.121. The van der Waals surface area contributed by atoms with Gasteiger partial charge in [-0.3, -0.25) is 4.79 Å². The second-order valence-corrected chi connectivity index (χ2v) is 6.72. The number of likely N-dealkylation sites (tertiary alicyclic amines) is 1. The van der Waals surface area contributed by atoms with Crippen LogP contribution in [0.25, 0.3) is 0 Å². The van der Waals surface area contributed by atoms with Crippen LogP contribution in [0.4, 0.5) is 0 Å². The van der Waals surface area contributed by atoms with Crippen molar-refractivity contribution < 1.29 is 14.3 Å². The molecule has 1 heterocycles. The van der Waals surface area contributed by atoms with E-state index in [1.54, 1.807) is 7.11 Å². The van der Waals surface area contributed by atoms with Crippen LogP contribution < -0.4 is 0 Å². The molecule has 2 atom stereocenters. The molecule has 0 saturated carbocycles. The zero-order chi connectivity index (χ0) is 14.1. The third kappa shape index (κ3) is 6.72. The Labute approximate surface area is 124 Å². The Kier molecular flexibility index (Phi) is 8.66. The van der Waals surface area contributed by atoms with Crippen LogP contribution in [0.2, 0.25) is 0 Å². The van der Waals surface area contributed by atoms with E-state index < -0.39 is 0 Å². The van der Waals surface area contributed by atoms with E-state index in [0.29, 0.717) is 24.1 Å². The molecule has 4 nitrogen and oxygen atoms in total. The molecule has 0 aliphatic carbocycles. The molecule has 0 N–H and O–H groups in total. The monoisotopic (exact) mass is 335 g/mol. The van der Waals surface area contributed by atoms with Crippen molar-refractivity contribution >= 4 is 21.8 Å². The van der Waals surface area contributed by atoms with E-state index in [-0.39, 0.29) is 12.5 Å². The molecule has 1 amide bonds. The summed E-state index contributed by atoms with van der Waals surface area (Å²) < 4.78 is 10.3. The van der Waals surface area contributed by atoms with Gasteiger partial charge in [-0.15, -0.1) is 0 Å². The quantitative estimate of drug-likeness (QED) is 0.530. The molecular weight excluding hydrogens is 310 g/mol. The van der Waals surface area contributed by atoms with Crippen molar-refractivity contribution in [3.63, 3.8) is 0 Å². The largest absolute Gasteiger partial charge is 0.382 e. The lowest BCUT2D eigenvalue weighted by atomic mass is 10.1. The minimum atomic E-state index is 0.121. The summed E-state index contributed by atoms with van der Waals surface area (Å²) in [5.41, 5.74) is 0. The van der Waals surface area contributed by atoms with Crippen LogP contribution in [0.15, 0.2) is 0 Å². The zero-order valence-corrected chi connectivity index (χ0v) is 13.7. The number of carbonyl (C=O) groups is 1. The molecule has 1 fully saturated rings. The van der Waals surface area contributed by atoms with E-state index in [1.807, 2.05) is 4.90 Å². The van der Waals surface area contributed by atoms with Crippen LogP contribution in [-0.2, 0) is 14.3 Å². The molecule has 5 heteroatoms. The Morgan fingerprint density at radius 2 is 2.16 bits per heavy atom. The molecule has 1 aliphatic heterocycles. The molecule has 0 aromatic carbocycles. The molecule has 1 rings (SSSR count). The van der Waals surface area contributed by atoms with Crippen LogP contribution in [0.3, 0.4) is 0 Å². The molecule has 19 heavy (non-hydrogen) atoms. The fourth-order valence-corrected chi connectivity index (χ4v) is 2.94. The van der Waals surface area contributed by atoms with Crippen LogP contribution in [-0.4, -0.2) is 55.2 Å². The van der Waals surface area contributed by atoms with Crippen molar-refractivity contribution in [1.82, 2.24) is 4.90 Å². The molecule has 0 spiro atoms. The summed E-state index contributed by atoms with van der Waals surface area (Å²) in [6.45, 7) is 4.21. The maximum absolute atomic E-state index is 12.3. The van der Waals surface area contributed by atoms with E-state index in [4.69, 9.17) is 9.47 Å². The number of alkyl halides is 1. The van der Waals surface area contributed by atoms with Gasteiger partial charge < -0.3 is 14.4 Å². The number of carbonyl (C=O) groups excluding carboxylic acids is 1. The zero-order valence-electron chi connectivity index (χ0n) is 12.1. The van der Waals surface area contributed by atoms with Gasteiger partial charge >= 0.3 is 0 Å². The molecular formula is C14H26BrNO3. The normalized spacial score (nSPS) is 22.1. The van der Waals surface area contributed by atoms with E-state index in [2.05, 4.69) is 22.9 Å². The van der Waals surface area contributed by atoms with Gasteiger partial charge in [0.25, 0.3) is 0 Å². The fraction of sp³-hybridized carbons (Fsp3) is 0.929. The van der Waals surface area contributed by atoms with Crippen molar-refractivity contribution in [2.45, 2.75) is 49.9 Å². The standard InChI is InChI=1S/C14H26BrNO3/c1-12(15)10-13-6-4-3-5-7-16(13)14(17)11-19-9-8-18-2/h12-13H,3-11H2,1-2H3. The fourth-order valence-electron chi connectivity index (χ4n) is 2.51. The Hall–Kier alpha value is -0.130. The van der Waals surface area contributed by atoms with Crippen LogP contribution in [0.5, 0.6) is 0 Å². The van der Waals surface area contributed by atoms with Crippen molar-refractivity contribution in [1.29, 1.82) is 0 Å². The van der Waals surface area contributed by atoms with Crippen molar-refractivity contribution in [3.05, 3.63) is 0 Å². The highest BCUT2D eigenvalue weighted by Crippen LogP contribution is 2.22. The summed E-state index contributed by atoms with van der Waals surface area (Å²) in [6, 6.07) is 0.357. The maximum atomic E-state index is 12.3. The number of hydrogen-bond acceptors (Lipinski definition) is 3. The van der Waals surface area contributed by atoms with Crippen LogP contribution in [0, 0.1) is 0 Å². The number of nitrogens with zero attached hydrogens (tertiary/aromatic N) is 1. The number of amides is 1. The lowest BCUT2D eigenvalue weighted by Crippen LogP contribution is -2.43. The minimum absolute atomic E-state index is 0.121. The topological polar surface area (TPSA) is 38.8 Å². The van der Waals surface area contributed by atoms with Gasteiger partial charge in [-0.05, 0) is 19.3 Å². The Bertz CT molecular complexity index is 261. The predicted molar refractivity (Wildman–Crippen MR) is 79.7 cm³/mol. The number of methoxy groups -OCH3 is 1. The summed E-state index contributed by atoms with van der Waals surface area (Å²) in [6.07, 6.45) is 5.68. The number of hydrogen-bond donors (Lipinski definition) is 0. The summed E-state index contributed by atoms with van der Waals surface area (Å²) in [4.78, 5) is 14.7. The lowest BCUT2D eigenvalue weighted by Gasteiger charge is -2.31. The highest BCUT2D eigenvalue weighted by atomic mass is 79.9. The average molecular weight is 336 g/mol. The number of halogens is 1. The average Bonchev–Trinajstić information content (AvgIpc) is 2.59. The Morgan fingerprint density at radius 1 is 1.37 bits per heavy atom. The molecule has 1 aliphatic rings. The third-order valence-electron chi connectivity index (χ3n) is 3.45. The third-order valence-corrected chi connectivity index (χ3v) is 3.83. The van der Waals surface area contributed by atoms with Gasteiger partial charge in [-0.25, -0.2) is 0 Å². The Morgan fingerprint density at radius 3 is 2.84 bits per heavy atom. The first-order chi connectivity index (χ1) is 9.15. The van der Waals surface area contributed by atoms with Gasteiger partial charge in [0.15, 0.2) is 0 Å². The molecule has 0 radical (unpaired) electrons. The van der Waals surface area contributed by atoms with E-state index in [9.17, 15) is 4.79 Å². The molecule has 112 valence electrons. The van der Waals surface area contributed by atoms with Gasteiger partial charge in [0.2, 0.25) is 5.91 Å². The van der Waals surface area contributed by atoms with Crippen LogP contribution in [0.1, 0.15) is 39.0 Å².